The molecule has 2 nitrogen and oxygen atoms in total. The summed E-state index contributed by atoms with van der Waals surface area (Å²) < 4.78 is 5.43. The zero-order valence-electron chi connectivity index (χ0n) is 12.6. The van der Waals surface area contributed by atoms with Crippen LogP contribution in [0.3, 0.4) is 0 Å². The van der Waals surface area contributed by atoms with Gasteiger partial charge in [0.25, 0.3) is 0 Å². The Morgan fingerprint density at radius 2 is 1.94 bits per heavy atom. The third-order valence-electron chi connectivity index (χ3n) is 3.23. The van der Waals surface area contributed by atoms with E-state index in [1.165, 1.54) is 11.1 Å². The quantitative estimate of drug-likeness (QED) is 0.848. The van der Waals surface area contributed by atoms with Gasteiger partial charge in [0.05, 0.1) is 7.11 Å². The van der Waals surface area contributed by atoms with E-state index in [1.807, 2.05) is 0 Å². The van der Waals surface area contributed by atoms with Crippen LogP contribution in [0.2, 0.25) is 0 Å². The predicted molar refractivity (Wildman–Crippen MR) is 78.2 cm³/mol. The predicted octanol–water partition coefficient (Wildman–Crippen LogP) is 4.09. The second kappa shape index (κ2) is 6.24. The van der Waals surface area contributed by atoms with Crippen molar-refractivity contribution < 1.29 is 4.74 Å². The maximum atomic E-state index is 5.43. The van der Waals surface area contributed by atoms with Crippen molar-refractivity contribution in [3.05, 3.63) is 29.3 Å². The van der Waals surface area contributed by atoms with E-state index in [1.54, 1.807) is 7.11 Å². The van der Waals surface area contributed by atoms with Crippen molar-refractivity contribution in [2.75, 3.05) is 13.7 Å². The van der Waals surface area contributed by atoms with Crippen LogP contribution in [0.15, 0.2) is 18.2 Å². The Morgan fingerprint density at radius 3 is 2.44 bits per heavy atom. The lowest BCUT2D eigenvalue weighted by Crippen LogP contribution is -2.32. The molecule has 2 heteroatoms. The Kier molecular flexibility index (Phi) is 5.21. The van der Waals surface area contributed by atoms with Gasteiger partial charge >= 0.3 is 0 Å². The van der Waals surface area contributed by atoms with Gasteiger partial charge in [-0.15, -0.1) is 0 Å². The molecule has 102 valence electrons. The summed E-state index contributed by atoms with van der Waals surface area (Å²) in [6, 6.07) is 6.86. The summed E-state index contributed by atoms with van der Waals surface area (Å²) in [4.78, 5) is 0. The summed E-state index contributed by atoms with van der Waals surface area (Å²) in [6.45, 7) is 12.1. The van der Waals surface area contributed by atoms with E-state index in [2.05, 4.69) is 58.1 Å². The van der Waals surface area contributed by atoms with Gasteiger partial charge in [-0.1, -0.05) is 39.8 Å². The number of hydrogen-bond donors (Lipinski definition) is 1. The average Bonchev–Trinajstić information content (AvgIpc) is 2.30. The van der Waals surface area contributed by atoms with E-state index in [0.717, 1.165) is 18.7 Å². The van der Waals surface area contributed by atoms with Gasteiger partial charge in [0, 0.05) is 6.04 Å². The molecule has 1 atom stereocenters. The van der Waals surface area contributed by atoms with Crippen LogP contribution < -0.4 is 10.1 Å². The fourth-order valence-corrected chi connectivity index (χ4v) is 2.23. The standard InChI is InChI=1S/C16H27NO/c1-7-10-17-15(16(3,4)5)13-9-8-12(2)14(11-13)18-6/h8-9,11,15,17H,7,10H2,1-6H3. The summed E-state index contributed by atoms with van der Waals surface area (Å²) in [5.41, 5.74) is 2.68. The third-order valence-corrected chi connectivity index (χ3v) is 3.23. The first-order chi connectivity index (χ1) is 8.40. The van der Waals surface area contributed by atoms with E-state index in [0.29, 0.717) is 6.04 Å². The van der Waals surface area contributed by atoms with Crippen LogP contribution in [0.1, 0.15) is 51.3 Å². The van der Waals surface area contributed by atoms with Crippen LogP contribution in [0.4, 0.5) is 0 Å². The lowest BCUT2D eigenvalue weighted by molar-refractivity contribution is 0.272. The first-order valence-corrected chi connectivity index (χ1v) is 6.78. The Balaban J connectivity index is 3.05. The van der Waals surface area contributed by atoms with E-state index in [9.17, 15) is 0 Å². The van der Waals surface area contributed by atoms with Crippen molar-refractivity contribution in [3.63, 3.8) is 0 Å². The molecule has 0 aliphatic rings. The summed E-state index contributed by atoms with van der Waals surface area (Å²) in [5.74, 6) is 0.972. The molecule has 1 unspecified atom stereocenters. The van der Waals surface area contributed by atoms with Crippen molar-refractivity contribution >= 4 is 0 Å². The molecule has 1 aromatic carbocycles. The lowest BCUT2D eigenvalue weighted by Gasteiger charge is -2.32. The van der Waals surface area contributed by atoms with Crippen molar-refractivity contribution in [3.8, 4) is 5.75 Å². The number of rotatable bonds is 5. The Hall–Kier alpha value is -1.02. The van der Waals surface area contributed by atoms with E-state index in [4.69, 9.17) is 4.74 Å². The van der Waals surface area contributed by atoms with Gasteiger partial charge in [0.1, 0.15) is 5.75 Å². The number of hydrogen-bond acceptors (Lipinski definition) is 2. The normalized spacial score (nSPS) is 13.4. The van der Waals surface area contributed by atoms with Crippen molar-refractivity contribution in [1.82, 2.24) is 5.32 Å². The van der Waals surface area contributed by atoms with Gasteiger partial charge in [-0.05, 0) is 42.5 Å². The zero-order chi connectivity index (χ0) is 13.8. The van der Waals surface area contributed by atoms with Crippen LogP contribution in [0.5, 0.6) is 5.75 Å². The van der Waals surface area contributed by atoms with Crippen LogP contribution in [0.25, 0.3) is 0 Å². The number of ether oxygens (including phenoxy) is 1. The Bertz CT molecular complexity index is 379. The first-order valence-electron chi connectivity index (χ1n) is 6.78. The molecule has 1 aromatic rings. The largest absolute Gasteiger partial charge is 0.496 e. The SMILES string of the molecule is CCCNC(c1ccc(C)c(OC)c1)C(C)(C)C. The number of nitrogens with one attached hydrogen (secondary N) is 1. The summed E-state index contributed by atoms with van der Waals surface area (Å²) in [6.07, 6.45) is 1.15. The molecule has 0 radical (unpaired) electrons. The summed E-state index contributed by atoms with van der Waals surface area (Å²) in [7, 11) is 1.73. The van der Waals surface area contributed by atoms with Crippen LogP contribution in [0, 0.1) is 12.3 Å². The molecule has 0 fully saturated rings. The molecule has 18 heavy (non-hydrogen) atoms. The minimum atomic E-state index is 0.190. The molecule has 0 amide bonds. The third kappa shape index (κ3) is 3.74. The summed E-state index contributed by atoms with van der Waals surface area (Å²) >= 11 is 0. The molecule has 1 rings (SSSR count). The van der Waals surface area contributed by atoms with E-state index < -0.39 is 0 Å². The van der Waals surface area contributed by atoms with Crippen LogP contribution in [-0.4, -0.2) is 13.7 Å². The smallest absolute Gasteiger partial charge is 0.122 e. The van der Waals surface area contributed by atoms with Gasteiger partial charge < -0.3 is 10.1 Å². The van der Waals surface area contributed by atoms with Crippen molar-refractivity contribution in [2.24, 2.45) is 5.41 Å². The van der Waals surface area contributed by atoms with E-state index in [-0.39, 0.29) is 5.41 Å². The second-order valence-corrected chi connectivity index (χ2v) is 5.98. The number of benzene rings is 1. The number of aryl methyl sites for hydroxylation is 1. The molecule has 0 saturated carbocycles. The zero-order valence-corrected chi connectivity index (χ0v) is 12.6. The van der Waals surface area contributed by atoms with Gasteiger partial charge in [0.2, 0.25) is 0 Å². The van der Waals surface area contributed by atoms with Crippen LogP contribution in [-0.2, 0) is 0 Å². The highest BCUT2D eigenvalue weighted by atomic mass is 16.5. The van der Waals surface area contributed by atoms with Gasteiger partial charge in [-0.25, -0.2) is 0 Å². The van der Waals surface area contributed by atoms with E-state index >= 15 is 0 Å². The molecule has 0 bridgehead atoms. The highest BCUT2D eigenvalue weighted by Crippen LogP contribution is 2.34. The topological polar surface area (TPSA) is 21.3 Å². The van der Waals surface area contributed by atoms with Crippen LogP contribution >= 0.6 is 0 Å². The molecular formula is C16H27NO. The maximum Gasteiger partial charge on any atom is 0.122 e. The molecule has 0 saturated heterocycles. The highest BCUT2D eigenvalue weighted by Gasteiger charge is 2.25. The van der Waals surface area contributed by atoms with Gasteiger partial charge in [-0.3, -0.25) is 0 Å². The molecule has 0 aliphatic heterocycles. The second-order valence-electron chi connectivity index (χ2n) is 5.98. The number of methoxy groups -OCH3 is 1. The molecule has 0 spiro atoms. The first kappa shape index (κ1) is 15.0. The minimum Gasteiger partial charge on any atom is -0.496 e. The minimum absolute atomic E-state index is 0.190. The van der Waals surface area contributed by atoms with Gasteiger partial charge in [0.15, 0.2) is 0 Å². The van der Waals surface area contributed by atoms with Gasteiger partial charge in [-0.2, -0.15) is 0 Å². The fourth-order valence-electron chi connectivity index (χ4n) is 2.23. The molecule has 0 heterocycles. The van der Waals surface area contributed by atoms with Crippen molar-refractivity contribution in [1.29, 1.82) is 0 Å². The molecule has 0 aromatic heterocycles. The highest BCUT2D eigenvalue weighted by molar-refractivity contribution is 5.38. The lowest BCUT2D eigenvalue weighted by atomic mass is 9.82. The molecular weight excluding hydrogens is 222 g/mol. The van der Waals surface area contributed by atoms with Crippen molar-refractivity contribution in [2.45, 2.75) is 47.1 Å². The Labute approximate surface area is 112 Å². The Morgan fingerprint density at radius 1 is 1.28 bits per heavy atom. The monoisotopic (exact) mass is 249 g/mol. The maximum absolute atomic E-state index is 5.43. The molecule has 0 aliphatic carbocycles. The summed E-state index contributed by atoms with van der Waals surface area (Å²) in [5, 5.41) is 3.64. The molecule has 1 N–H and O–H groups in total. The average molecular weight is 249 g/mol. The fraction of sp³-hybridized carbons (Fsp3) is 0.625.